The summed E-state index contributed by atoms with van der Waals surface area (Å²) in [5.74, 6) is -0.440. The van der Waals surface area contributed by atoms with Crippen LogP contribution in [0.15, 0.2) is 6.33 Å². The van der Waals surface area contributed by atoms with Crippen molar-refractivity contribution in [1.82, 2.24) is 19.6 Å². The van der Waals surface area contributed by atoms with Gasteiger partial charge in [-0.1, -0.05) is 26.7 Å². The van der Waals surface area contributed by atoms with E-state index in [9.17, 15) is 13.2 Å². The highest BCUT2D eigenvalue weighted by Gasteiger charge is 2.39. The van der Waals surface area contributed by atoms with E-state index < -0.39 is 11.9 Å². The summed E-state index contributed by atoms with van der Waals surface area (Å²) >= 11 is 0. The third-order valence-electron chi connectivity index (χ3n) is 3.58. The van der Waals surface area contributed by atoms with Gasteiger partial charge in [-0.25, -0.2) is 4.98 Å². The summed E-state index contributed by atoms with van der Waals surface area (Å²) in [5.41, 5.74) is 5.03. The highest BCUT2D eigenvalue weighted by Crippen LogP contribution is 2.39. The lowest BCUT2D eigenvalue weighted by atomic mass is 9.90. The Hall–Kier alpha value is -1.86. The quantitative estimate of drug-likeness (QED) is 0.918. The van der Waals surface area contributed by atoms with Gasteiger partial charge >= 0.3 is 6.18 Å². The number of nitrogens with two attached hydrogens (primary N) is 1. The Morgan fingerprint density at radius 3 is 2.62 bits per heavy atom. The van der Waals surface area contributed by atoms with Gasteiger partial charge in [0.15, 0.2) is 5.69 Å². The molecule has 1 atom stereocenters. The van der Waals surface area contributed by atoms with Gasteiger partial charge in [0, 0.05) is 5.56 Å². The Morgan fingerprint density at radius 1 is 1.33 bits per heavy atom. The van der Waals surface area contributed by atoms with Gasteiger partial charge in [0.05, 0.1) is 0 Å². The molecule has 0 radical (unpaired) electrons. The van der Waals surface area contributed by atoms with Crippen LogP contribution >= 0.6 is 0 Å². The normalized spacial score (nSPS) is 13.8. The predicted molar refractivity (Wildman–Crippen MR) is 72.8 cm³/mol. The van der Waals surface area contributed by atoms with Crippen LogP contribution in [0.5, 0.6) is 0 Å². The molecule has 0 spiro atoms. The zero-order valence-electron chi connectivity index (χ0n) is 12.0. The number of unbranched alkanes of at least 4 members (excludes halogenated alkanes) is 1. The first kappa shape index (κ1) is 15.5. The van der Waals surface area contributed by atoms with Crippen LogP contribution in [0.4, 0.5) is 19.0 Å². The monoisotopic (exact) mass is 301 g/mol. The van der Waals surface area contributed by atoms with Crippen molar-refractivity contribution >= 4 is 11.6 Å². The molecule has 2 rings (SSSR count). The summed E-state index contributed by atoms with van der Waals surface area (Å²) in [6.45, 7) is 3.85. The number of hydrogen-bond donors (Lipinski definition) is 1. The zero-order valence-corrected chi connectivity index (χ0v) is 12.0. The Balaban J connectivity index is 2.64. The first-order valence-corrected chi connectivity index (χ1v) is 6.96. The lowest BCUT2D eigenvalue weighted by Gasteiger charge is -2.21. The lowest BCUT2D eigenvalue weighted by Crippen LogP contribution is -2.20. The molecule has 1 unspecified atom stereocenters. The molecule has 116 valence electrons. The van der Waals surface area contributed by atoms with Gasteiger partial charge in [-0.15, -0.1) is 0 Å². The van der Waals surface area contributed by atoms with Crippen LogP contribution in [0.2, 0.25) is 0 Å². The second kappa shape index (κ2) is 5.87. The number of nitrogen functional groups attached to an aromatic ring is 1. The number of alkyl halides is 3. The molecular formula is C13H18F3N5. The predicted octanol–water partition coefficient (Wildman–Crippen LogP) is 3.41. The first-order chi connectivity index (χ1) is 9.90. The van der Waals surface area contributed by atoms with Crippen LogP contribution in [0.25, 0.3) is 5.78 Å². The molecule has 0 aliphatic heterocycles. The summed E-state index contributed by atoms with van der Waals surface area (Å²) in [6.07, 6.45) is -0.453. The zero-order chi connectivity index (χ0) is 15.6. The van der Waals surface area contributed by atoms with Crippen LogP contribution in [-0.2, 0) is 6.18 Å². The smallest absolute Gasteiger partial charge is 0.383 e. The van der Waals surface area contributed by atoms with E-state index in [1.54, 1.807) is 0 Å². The van der Waals surface area contributed by atoms with Crippen LogP contribution in [0.1, 0.15) is 56.7 Å². The maximum atomic E-state index is 13.3. The number of rotatable bonds is 5. The molecule has 0 saturated carbocycles. The maximum absolute atomic E-state index is 13.3. The Kier molecular flexibility index (Phi) is 4.34. The topological polar surface area (TPSA) is 69.1 Å². The summed E-state index contributed by atoms with van der Waals surface area (Å²) in [7, 11) is 0. The van der Waals surface area contributed by atoms with Crippen molar-refractivity contribution in [3.8, 4) is 0 Å². The van der Waals surface area contributed by atoms with E-state index in [1.807, 2.05) is 13.8 Å². The maximum Gasteiger partial charge on any atom is 0.433 e. The van der Waals surface area contributed by atoms with Crippen molar-refractivity contribution in [2.45, 2.75) is 51.6 Å². The Bertz CT molecular complexity index is 620. The molecule has 0 fully saturated rings. The van der Waals surface area contributed by atoms with Crippen LogP contribution < -0.4 is 5.73 Å². The molecule has 2 N–H and O–H groups in total. The lowest BCUT2D eigenvalue weighted by molar-refractivity contribution is -0.141. The molecule has 0 amide bonds. The van der Waals surface area contributed by atoms with Gasteiger partial charge in [0.25, 0.3) is 5.78 Å². The van der Waals surface area contributed by atoms with Crippen molar-refractivity contribution in [3.63, 3.8) is 0 Å². The van der Waals surface area contributed by atoms with Crippen LogP contribution in [0, 0.1) is 0 Å². The van der Waals surface area contributed by atoms with Crippen molar-refractivity contribution in [3.05, 3.63) is 17.6 Å². The Labute approximate surface area is 120 Å². The molecule has 2 heterocycles. The molecule has 0 aliphatic carbocycles. The van der Waals surface area contributed by atoms with Crippen LogP contribution in [0.3, 0.4) is 0 Å². The Morgan fingerprint density at radius 2 is 2.05 bits per heavy atom. The van der Waals surface area contributed by atoms with E-state index in [2.05, 4.69) is 15.1 Å². The third-order valence-corrected chi connectivity index (χ3v) is 3.58. The highest BCUT2D eigenvalue weighted by molar-refractivity contribution is 5.52. The molecule has 2 aromatic rings. The van der Waals surface area contributed by atoms with Gasteiger partial charge < -0.3 is 5.73 Å². The molecule has 5 nitrogen and oxygen atoms in total. The minimum absolute atomic E-state index is 0.0206. The van der Waals surface area contributed by atoms with Crippen LogP contribution in [-0.4, -0.2) is 19.6 Å². The molecular weight excluding hydrogens is 283 g/mol. The molecule has 0 aromatic carbocycles. The number of halogens is 3. The van der Waals surface area contributed by atoms with Gasteiger partial charge in [0.1, 0.15) is 12.1 Å². The summed E-state index contributed by atoms with van der Waals surface area (Å²) in [5, 5.41) is 3.85. The summed E-state index contributed by atoms with van der Waals surface area (Å²) in [6, 6.07) is 0. The second-order valence-corrected chi connectivity index (χ2v) is 4.98. The number of nitrogens with zero attached hydrogens (tertiary/aromatic N) is 4. The van der Waals surface area contributed by atoms with Crippen molar-refractivity contribution in [2.24, 2.45) is 0 Å². The van der Waals surface area contributed by atoms with E-state index in [1.165, 1.54) is 4.52 Å². The standard InChI is InChI=1S/C13H18F3N5/c1-3-5-6-8(4-2)9-10(13(14,15)16)20-12-18-7-19-21(12)11(9)17/h7-8H,3-6,17H2,1-2H3. The molecule has 21 heavy (non-hydrogen) atoms. The number of hydrogen-bond acceptors (Lipinski definition) is 4. The molecule has 0 aliphatic rings. The summed E-state index contributed by atoms with van der Waals surface area (Å²) < 4.78 is 41.1. The van der Waals surface area contributed by atoms with Gasteiger partial charge in [-0.05, 0) is 18.8 Å². The van der Waals surface area contributed by atoms with Gasteiger partial charge in [0.2, 0.25) is 0 Å². The SMILES string of the molecule is CCCCC(CC)c1c(C(F)(F)F)nc2ncnn2c1N. The van der Waals surface area contributed by atoms with Crippen molar-refractivity contribution < 1.29 is 13.2 Å². The largest absolute Gasteiger partial charge is 0.433 e. The average Bonchev–Trinajstić information content (AvgIpc) is 2.89. The van der Waals surface area contributed by atoms with Crippen molar-refractivity contribution in [1.29, 1.82) is 0 Å². The molecule has 0 bridgehead atoms. The minimum atomic E-state index is -4.56. The second-order valence-electron chi connectivity index (χ2n) is 4.98. The third kappa shape index (κ3) is 2.93. The fourth-order valence-corrected chi connectivity index (χ4v) is 2.50. The first-order valence-electron chi connectivity index (χ1n) is 6.96. The average molecular weight is 301 g/mol. The highest BCUT2D eigenvalue weighted by atomic mass is 19.4. The number of anilines is 1. The number of fused-ring (bicyclic) bond motifs is 1. The molecule has 0 saturated heterocycles. The summed E-state index contributed by atoms with van der Waals surface area (Å²) in [4.78, 5) is 7.33. The van der Waals surface area contributed by atoms with Crippen molar-refractivity contribution in [2.75, 3.05) is 5.73 Å². The van der Waals surface area contributed by atoms with E-state index in [0.717, 1.165) is 19.2 Å². The van der Waals surface area contributed by atoms with Gasteiger partial charge in [-0.3, -0.25) is 0 Å². The van der Waals surface area contributed by atoms with E-state index >= 15 is 0 Å². The fourth-order valence-electron chi connectivity index (χ4n) is 2.50. The fraction of sp³-hybridized carbons (Fsp3) is 0.615. The minimum Gasteiger partial charge on any atom is -0.383 e. The van der Waals surface area contributed by atoms with E-state index in [-0.39, 0.29) is 23.1 Å². The van der Waals surface area contributed by atoms with E-state index in [0.29, 0.717) is 12.8 Å². The molecule has 8 heteroatoms. The number of aromatic nitrogens is 4. The molecule has 2 aromatic heterocycles. The van der Waals surface area contributed by atoms with Gasteiger partial charge in [-0.2, -0.15) is 27.8 Å². The van der Waals surface area contributed by atoms with E-state index in [4.69, 9.17) is 5.73 Å².